The van der Waals surface area contributed by atoms with Crippen molar-refractivity contribution in [3.8, 4) is 0 Å². The van der Waals surface area contributed by atoms with Gasteiger partial charge in [0.2, 0.25) is 0 Å². The SMILES string of the molecule is CCC(CCO)C(C)(C)N. The van der Waals surface area contributed by atoms with Crippen molar-refractivity contribution in [2.45, 2.75) is 39.2 Å². The monoisotopic (exact) mass is 145 g/mol. The van der Waals surface area contributed by atoms with E-state index in [1.54, 1.807) is 0 Å². The van der Waals surface area contributed by atoms with Gasteiger partial charge in [0.1, 0.15) is 0 Å². The molecule has 2 heteroatoms. The lowest BCUT2D eigenvalue weighted by Crippen LogP contribution is -2.41. The van der Waals surface area contributed by atoms with E-state index in [2.05, 4.69) is 6.92 Å². The molecule has 0 bridgehead atoms. The van der Waals surface area contributed by atoms with Crippen molar-refractivity contribution in [2.75, 3.05) is 6.61 Å². The van der Waals surface area contributed by atoms with Gasteiger partial charge in [-0.05, 0) is 26.2 Å². The highest BCUT2D eigenvalue weighted by atomic mass is 16.3. The Hall–Kier alpha value is -0.0800. The normalized spacial score (nSPS) is 15.3. The zero-order valence-electron chi connectivity index (χ0n) is 7.22. The average molecular weight is 145 g/mol. The van der Waals surface area contributed by atoms with Gasteiger partial charge in [-0.1, -0.05) is 13.3 Å². The third-order valence-corrected chi connectivity index (χ3v) is 2.02. The molecule has 10 heavy (non-hydrogen) atoms. The van der Waals surface area contributed by atoms with Gasteiger partial charge in [-0.3, -0.25) is 0 Å². The molecule has 0 aromatic carbocycles. The lowest BCUT2D eigenvalue weighted by Gasteiger charge is -2.28. The average Bonchev–Trinajstić information content (AvgIpc) is 1.80. The Morgan fingerprint density at radius 2 is 2.00 bits per heavy atom. The van der Waals surface area contributed by atoms with Crippen LogP contribution in [-0.2, 0) is 0 Å². The third-order valence-electron chi connectivity index (χ3n) is 2.02. The number of aliphatic hydroxyl groups excluding tert-OH is 1. The van der Waals surface area contributed by atoms with Crippen LogP contribution in [0.25, 0.3) is 0 Å². The van der Waals surface area contributed by atoms with Crippen molar-refractivity contribution in [1.29, 1.82) is 0 Å². The molecule has 0 aliphatic heterocycles. The highest BCUT2D eigenvalue weighted by molar-refractivity contribution is 4.80. The van der Waals surface area contributed by atoms with Gasteiger partial charge >= 0.3 is 0 Å². The van der Waals surface area contributed by atoms with Crippen LogP contribution in [0.4, 0.5) is 0 Å². The minimum Gasteiger partial charge on any atom is -0.396 e. The Kier molecular flexibility index (Phi) is 3.91. The first-order valence-corrected chi connectivity index (χ1v) is 3.92. The van der Waals surface area contributed by atoms with Crippen molar-refractivity contribution in [2.24, 2.45) is 11.7 Å². The molecule has 2 nitrogen and oxygen atoms in total. The zero-order chi connectivity index (χ0) is 8.20. The van der Waals surface area contributed by atoms with Crippen molar-refractivity contribution >= 4 is 0 Å². The van der Waals surface area contributed by atoms with E-state index in [0.29, 0.717) is 5.92 Å². The lowest BCUT2D eigenvalue weighted by atomic mass is 9.84. The molecule has 0 saturated carbocycles. The molecule has 0 aromatic rings. The van der Waals surface area contributed by atoms with E-state index in [9.17, 15) is 0 Å². The Balaban J connectivity index is 3.81. The van der Waals surface area contributed by atoms with E-state index < -0.39 is 0 Å². The summed E-state index contributed by atoms with van der Waals surface area (Å²) in [5, 5.41) is 8.68. The Morgan fingerprint density at radius 1 is 1.50 bits per heavy atom. The predicted octanol–water partition coefficient (Wildman–Crippen LogP) is 1.13. The number of hydrogen-bond acceptors (Lipinski definition) is 2. The second-order valence-corrected chi connectivity index (χ2v) is 3.44. The largest absolute Gasteiger partial charge is 0.396 e. The molecule has 0 radical (unpaired) electrons. The second-order valence-electron chi connectivity index (χ2n) is 3.44. The first-order chi connectivity index (χ1) is 4.52. The molecular weight excluding hydrogens is 126 g/mol. The van der Waals surface area contributed by atoms with Crippen molar-refractivity contribution in [3.63, 3.8) is 0 Å². The molecule has 0 amide bonds. The van der Waals surface area contributed by atoms with Gasteiger partial charge in [-0.25, -0.2) is 0 Å². The van der Waals surface area contributed by atoms with Crippen LogP contribution in [0, 0.1) is 5.92 Å². The maximum Gasteiger partial charge on any atom is 0.0434 e. The van der Waals surface area contributed by atoms with Gasteiger partial charge in [-0.2, -0.15) is 0 Å². The van der Waals surface area contributed by atoms with E-state index in [4.69, 9.17) is 10.8 Å². The quantitative estimate of drug-likeness (QED) is 0.623. The summed E-state index contributed by atoms with van der Waals surface area (Å²) >= 11 is 0. The maximum atomic E-state index is 8.68. The third kappa shape index (κ3) is 3.18. The summed E-state index contributed by atoms with van der Waals surface area (Å²) in [5.74, 6) is 0.442. The van der Waals surface area contributed by atoms with Crippen LogP contribution < -0.4 is 5.73 Å². The van der Waals surface area contributed by atoms with E-state index in [1.807, 2.05) is 13.8 Å². The summed E-state index contributed by atoms with van der Waals surface area (Å²) in [6.45, 7) is 6.38. The van der Waals surface area contributed by atoms with Crippen LogP contribution in [0.5, 0.6) is 0 Å². The van der Waals surface area contributed by atoms with Crippen LogP contribution in [0.3, 0.4) is 0 Å². The molecular formula is C8H19NO. The number of nitrogens with two attached hydrogens (primary N) is 1. The molecule has 0 fully saturated rings. The van der Waals surface area contributed by atoms with Crippen molar-refractivity contribution < 1.29 is 5.11 Å². The fraction of sp³-hybridized carbons (Fsp3) is 1.00. The highest BCUT2D eigenvalue weighted by Gasteiger charge is 2.22. The molecule has 0 aliphatic rings. The molecule has 62 valence electrons. The predicted molar refractivity (Wildman–Crippen MR) is 43.8 cm³/mol. The molecule has 1 atom stereocenters. The number of rotatable bonds is 4. The van der Waals surface area contributed by atoms with Crippen LogP contribution in [0.2, 0.25) is 0 Å². The Labute approximate surface area is 63.4 Å². The van der Waals surface area contributed by atoms with E-state index >= 15 is 0 Å². The second kappa shape index (κ2) is 3.94. The summed E-state index contributed by atoms with van der Waals surface area (Å²) < 4.78 is 0. The molecule has 0 rings (SSSR count). The van der Waals surface area contributed by atoms with Crippen LogP contribution in [0.15, 0.2) is 0 Å². The van der Waals surface area contributed by atoms with Gasteiger partial charge in [0.05, 0.1) is 0 Å². The van der Waals surface area contributed by atoms with Crippen LogP contribution in [0.1, 0.15) is 33.6 Å². The molecule has 3 N–H and O–H groups in total. The number of aliphatic hydroxyl groups is 1. The minimum absolute atomic E-state index is 0.141. The zero-order valence-corrected chi connectivity index (χ0v) is 7.22. The van der Waals surface area contributed by atoms with E-state index in [0.717, 1.165) is 12.8 Å². The fourth-order valence-corrected chi connectivity index (χ4v) is 1.26. The van der Waals surface area contributed by atoms with Crippen molar-refractivity contribution in [3.05, 3.63) is 0 Å². The Bertz CT molecular complexity index is 85.7. The van der Waals surface area contributed by atoms with E-state index in [1.165, 1.54) is 0 Å². The molecule has 0 heterocycles. The molecule has 0 spiro atoms. The van der Waals surface area contributed by atoms with Crippen LogP contribution in [-0.4, -0.2) is 17.3 Å². The van der Waals surface area contributed by atoms with Gasteiger partial charge in [-0.15, -0.1) is 0 Å². The fourth-order valence-electron chi connectivity index (χ4n) is 1.26. The summed E-state index contributed by atoms with van der Waals surface area (Å²) in [6.07, 6.45) is 1.87. The summed E-state index contributed by atoms with van der Waals surface area (Å²) in [4.78, 5) is 0. The van der Waals surface area contributed by atoms with Gasteiger partial charge in [0.15, 0.2) is 0 Å². The van der Waals surface area contributed by atoms with E-state index in [-0.39, 0.29) is 12.1 Å². The van der Waals surface area contributed by atoms with Gasteiger partial charge < -0.3 is 10.8 Å². The topological polar surface area (TPSA) is 46.2 Å². The minimum atomic E-state index is -0.141. The molecule has 0 aliphatic carbocycles. The van der Waals surface area contributed by atoms with Gasteiger partial charge in [0.25, 0.3) is 0 Å². The first kappa shape index (κ1) is 9.92. The lowest BCUT2D eigenvalue weighted by molar-refractivity contribution is 0.209. The maximum absolute atomic E-state index is 8.68. The Morgan fingerprint density at radius 3 is 2.10 bits per heavy atom. The smallest absolute Gasteiger partial charge is 0.0434 e. The standard InChI is InChI=1S/C8H19NO/c1-4-7(5-6-10)8(2,3)9/h7,10H,4-6,9H2,1-3H3. The summed E-state index contributed by atoms with van der Waals surface area (Å²) in [6, 6.07) is 0. The molecule has 1 unspecified atom stereocenters. The first-order valence-electron chi connectivity index (χ1n) is 3.92. The summed E-state index contributed by atoms with van der Waals surface area (Å²) in [7, 11) is 0. The number of hydrogen-bond donors (Lipinski definition) is 2. The highest BCUT2D eigenvalue weighted by Crippen LogP contribution is 2.20. The van der Waals surface area contributed by atoms with Crippen LogP contribution >= 0.6 is 0 Å². The van der Waals surface area contributed by atoms with Crippen molar-refractivity contribution in [1.82, 2.24) is 0 Å². The summed E-state index contributed by atoms with van der Waals surface area (Å²) in [5.41, 5.74) is 5.72. The molecule has 0 aromatic heterocycles. The molecule has 0 saturated heterocycles. The van der Waals surface area contributed by atoms with Gasteiger partial charge in [0, 0.05) is 12.1 Å².